The van der Waals surface area contributed by atoms with Gasteiger partial charge in [0.25, 0.3) is 5.91 Å². The molecule has 2 atom stereocenters. The smallest absolute Gasteiger partial charge is 0.338 e. The number of esters is 1. The summed E-state index contributed by atoms with van der Waals surface area (Å²) in [5, 5.41) is 6.94. The van der Waals surface area contributed by atoms with E-state index >= 15 is 0 Å². The summed E-state index contributed by atoms with van der Waals surface area (Å²) in [7, 11) is -1.90. The molecule has 0 aliphatic carbocycles. The highest BCUT2D eigenvalue weighted by Crippen LogP contribution is 2.19. The van der Waals surface area contributed by atoms with Gasteiger partial charge in [0, 0.05) is 13.1 Å². The molecule has 164 valence electrons. The van der Waals surface area contributed by atoms with Gasteiger partial charge in [0.05, 0.1) is 27.5 Å². The minimum Gasteiger partial charge on any atom is -0.449 e. The van der Waals surface area contributed by atoms with Crippen LogP contribution in [0, 0.1) is 13.8 Å². The monoisotopic (exact) mass is 436 g/mol. The van der Waals surface area contributed by atoms with Gasteiger partial charge < -0.3 is 10.1 Å². The van der Waals surface area contributed by atoms with Gasteiger partial charge in [-0.05, 0) is 58.4 Å². The third kappa shape index (κ3) is 5.45. The number of anilines is 1. The largest absolute Gasteiger partial charge is 0.449 e. The Morgan fingerprint density at radius 3 is 2.27 bits per heavy atom. The summed E-state index contributed by atoms with van der Waals surface area (Å²) >= 11 is 0. The number of carbonyl (C=O) groups is 2. The number of nitrogens with zero attached hydrogens (tertiary/aromatic N) is 2. The second-order valence-electron chi connectivity index (χ2n) is 7.16. The van der Waals surface area contributed by atoms with Gasteiger partial charge >= 0.3 is 5.97 Å². The lowest BCUT2D eigenvalue weighted by molar-refractivity contribution is -0.123. The number of carbonyl (C=O) groups excluding carboxylic acids is 2. The van der Waals surface area contributed by atoms with Crippen LogP contribution in [0.25, 0.3) is 0 Å². The molecule has 30 heavy (non-hydrogen) atoms. The van der Waals surface area contributed by atoms with E-state index in [-0.39, 0.29) is 16.5 Å². The van der Waals surface area contributed by atoms with Gasteiger partial charge in [-0.15, -0.1) is 0 Å². The van der Waals surface area contributed by atoms with Crippen LogP contribution in [0.15, 0.2) is 29.2 Å². The lowest BCUT2D eigenvalue weighted by atomic mass is 10.2. The topological polar surface area (TPSA) is 119 Å². The van der Waals surface area contributed by atoms with Gasteiger partial charge in [-0.25, -0.2) is 17.9 Å². The molecule has 1 aromatic heterocycles. The van der Waals surface area contributed by atoms with Crippen molar-refractivity contribution in [1.82, 2.24) is 14.5 Å². The predicted octanol–water partition coefficient (Wildman–Crippen LogP) is 2.30. The number of aryl methyl sites for hydroxylation is 2. The number of aromatic nitrogens is 2. The second kappa shape index (κ2) is 9.40. The average Bonchev–Trinajstić information content (AvgIpc) is 2.93. The first kappa shape index (κ1) is 23.6. The molecule has 9 nitrogen and oxygen atoms in total. The first-order valence-electron chi connectivity index (χ1n) is 9.60. The fourth-order valence-corrected chi connectivity index (χ4v) is 3.97. The molecule has 2 rings (SSSR count). The zero-order valence-corrected chi connectivity index (χ0v) is 18.8. The number of ether oxygens (including phenoxy) is 1. The molecule has 0 fully saturated rings. The van der Waals surface area contributed by atoms with Gasteiger partial charge in [0.2, 0.25) is 10.0 Å². The summed E-state index contributed by atoms with van der Waals surface area (Å²) in [5.41, 5.74) is 2.16. The van der Waals surface area contributed by atoms with E-state index in [1.54, 1.807) is 25.6 Å². The molecule has 1 amide bonds. The van der Waals surface area contributed by atoms with E-state index in [2.05, 4.69) is 15.1 Å². The van der Waals surface area contributed by atoms with Crippen LogP contribution < -0.4 is 10.0 Å². The molecule has 0 saturated heterocycles. The van der Waals surface area contributed by atoms with Crippen molar-refractivity contribution in [2.45, 2.75) is 58.1 Å². The summed E-state index contributed by atoms with van der Waals surface area (Å²) in [6, 6.07) is 5.16. The summed E-state index contributed by atoms with van der Waals surface area (Å²) in [5.74, 6) is -1.21. The molecule has 0 spiro atoms. The summed E-state index contributed by atoms with van der Waals surface area (Å²) in [6.45, 7) is 8.69. The van der Waals surface area contributed by atoms with E-state index in [4.69, 9.17) is 4.74 Å². The molecule has 0 saturated carbocycles. The third-order valence-corrected chi connectivity index (χ3v) is 6.38. The minimum atomic E-state index is -3.67. The Hall–Kier alpha value is -2.72. The molecular weight excluding hydrogens is 408 g/mol. The molecule has 0 aliphatic rings. The van der Waals surface area contributed by atoms with Crippen molar-refractivity contribution in [2.75, 3.05) is 5.32 Å². The van der Waals surface area contributed by atoms with E-state index in [0.29, 0.717) is 17.8 Å². The fourth-order valence-electron chi connectivity index (χ4n) is 2.65. The van der Waals surface area contributed by atoms with E-state index in [1.165, 1.54) is 31.2 Å². The van der Waals surface area contributed by atoms with Crippen LogP contribution in [0.4, 0.5) is 5.69 Å². The zero-order valence-electron chi connectivity index (χ0n) is 18.0. The van der Waals surface area contributed by atoms with E-state index in [9.17, 15) is 18.0 Å². The van der Waals surface area contributed by atoms with E-state index in [0.717, 1.165) is 5.69 Å². The second-order valence-corrected chi connectivity index (χ2v) is 8.88. The molecule has 0 radical (unpaired) electrons. The molecule has 2 aromatic rings. The highest BCUT2D eigenvalue weighted by Gasteiger charge is 2.22. The Morgan fingerprint density at radius 2 is 1.77 bits per heavy atom. The molecule has 2 unspecified atom stereocenters. The molecule has 0 bridgehead atoms. The summed E-state index contributed by atoms with van der Waals surface area (Å²) in [4.78, 5) is 24.8. The molecule has 0 aliphatic heterocycles. The van der Waals surface area contributed by atoms with Gasteiger partial charge in [0.1, 0.15) is 0 Å². The van der Waals surface area contributed by atoms with E-state index in [1.807, 2.05) is 13.8 Å². The van der Waals surface area contributed by atoms with Crippen LogP contribution >= 0.6 is 0 Å². The normalized spacial score (nSPS) is 13.5. The van der Waals surface area contributed by atoms with Crippen LogP contribution in [0.3, 0.4) is 0 Å². The SMILES string of the molecule is CCC(C)NS(=O)(=O)c1ccc(C(=O)OC(C)C(=O)Nc2c(C)nn(C)c2C)cc1. The van der Waals surface area contributed by atoms with Gasteiger partial charge in [-0.2, -0.15) is 5.10 Å². The fraction of sp³-hybridized carbons (Fsp3) is 0.450. The molecule has 10 heteroatoms. The van der Waals surface area contributed by atoms with E-state index < -0.39 is 28.0 Å². The quantitative estimate of drug-likeness (QED) is 0.613. The Labute approximate surface area is 176 Å². The molecule has 2 N–H and O–H groups in total. The Balaban J connectivity index is 2.04. The van der Waals surface area contributed by atoms with Gasteiger partial charge in [0.15, 0.2) is 6.10 Å². The van der Waals surface area contributed by atoms with Crippen LogP contribution in [0.2, 0.25) is 0 Å². The van der Waals surface area contributed by atoms with Crippen molar-refractivity contribution in [3.05, 3.63) is 41.2 Å². The summed E-state index contributed by atoms with van der Waals surface area (Å²) in [6.07, 6.45) is -0.395. The van der Waals surface area contributed by atoms with Crippen molar-refractivity contribution in [3.63, 3.8) is 0 Å². The van der Waals surface area contributed by atoms with Crippen molar-refractivity contribution in [2.24, 2.45) is 7.05 Å². The van der Waals surface area contributed by atoms with Crippen LogP contribution in [0.5, 0.6) is 0 Å². The minimum absolute atomic E-state index is 0.0488. The Bertz CT molecular complexity index is 1030. The highest BCUT2D eigenvalue weighted by molar-refractivity contribution is 7.89. The van der Waals surface area contributed by atoms with Crippen molar-refractivity contribution in [1.29, 1.82) is 0 Å². The number of nitrogens with one attached hydrogen (secondary N) is 2. The molecular formula is C20H28N4O5S. The maximum Gasteiger partial charge on any atom is 0.338 e. The lowest BCUT2D eigenvalue weighted by Gasteiger charge is -2.14. The number of sulfonamides is 1. The number of benzene rings is 1. The van der Waals surface area contributed by atoms with Gasteiger partial charge in [-0.1, -0.05) is 6.92 Å². The first-order chi connectivity index (χ1) is 14.0. The van der Waals surface area contributed by atoms with Gasteiger partial charge in [-0.3, -0.25) is 9.48 Å². The third-order valence-electron chi connectivity index (χ3n) is 4.78. The predicted molar refractivity (Wildman–Crippen MR) is 113 cm³/mol. The zero-order chi connectivity index (χ0) is 22.6. The number of rotatable bonds is 8. The summed E-state index contributed by atoms with van der Waals surface area (Å²) < 4.78 is 34.0. The van der Waals surface area contributed by atoms with Crippen LogP contribution in [0.1, 0.15) is 48.9 Å². The van der Waals surface area contributed by atoms with Crippen molar-refractivity contribution in [3.8, 4) is 0 Å². The Kier molecular flexibility index (Phi) is 7.38. The number of hydrogen-bond donors (Lipinski definition) is 2. The average molecular weight is 437 g/mol. The number of amides is 1. The molecule has 1 heterocycles. The lowest BCUT2D eigenvalue weighted by Crippen LogP contribution is -2.32. The maximum atomic E-state index is 12.4. The van der Waals surface area contributed by atoms with Crippen molar-refractivity contribution < 1.29 is 22.7 Å². The maximum absolute atomic E-state index is 12.4. The van der Waals surface area contributed by atoms with Crippen molar-refractivity contribution >= 4 is 27.6 Å². The first-order valence-corrected chi connectivity index (χ1v) is 11.1. The molecule has 1 aromatic carbocycles. The van der Waals surface area contributed by atoms with Crippen LogP contribution in [-0.2, 0) is 26.6 Å². The van der Waals surface area contributed by atoms with Crippen LogP contribution in [-0.4, -0.2) is 42.2 Å². The standard InChI is InChI=1S/C20H28N4O5S/c1-7-12(2)23-30(27,28)17-10-8-16(9-11-17)20(26)29-15(5)19(25)21-18-13(3)22-24(6)14(18)4/h8-12,15,23H,7H2,1-6H3,(H,21,25). The highest BCUT2D eigenvalue weighted by atomic mass is 32.2. The number of hydrogen-bond acceptors (Lipinski definition) is 6. The Morgan fingerprint density at radius 1 is 1.17 bits per heavy atom.